The highest BCUT2D eigenvalue weighted by atomic mass is 16.2. The standard InChI is InChI=1S/C22H23N3O/c1-14-4-7-18(8-5-14)20-13-24-25-21(20)10-17(11-22(25)26)6-9-19-15(2)12-23-16(19)3/h4-5,7-8,11,13H,6,9-10,12H2,1-3H3. The lowest BCUT2D eigenvalue weighted by Gasteiger charge is -2.16. The Kier molecular flexibility index (Phi) is 4.19. The number of hydrogen-bond acceptors (Lipinski definition) is 3. The first kappa shape index (κ1) is 16.7. The van der Waals surface area contributed by atoms with Gasteiger partial charge < -0.3 is 0 Å². The van der Waals surface area contributed by atoms with Gasteiger partial charge in [0.25, 0.3) is 5.91 Å². The second-order valence-electron chi connectivity index (χ2n) is 7.26. The zero-order valence-corrected chi connectivity index (χ0v) is 15.5. The molecule has 0 bridgehead atoms. The van der Waals surface area contributed by atoms with Crippen molar-refractivity contribution in [3.63, 3.8) is 0 Å². The first-order valence-electron chi connectivity index (χ1n) is 9.10. The molecule has 0 saturated heterocycles. The van der Waals surface area contributed by atoms with Crippen molar-refractivity contribution < 1.29 is 4.79 Å². The summed E-state index contributed by atoms with van der Waals surface area (Å²) < 4.78 is 1.55. The Bertz CT molecular complexity index is 971. The van der Waals surface area contributed by atoms with E-state index < -0.39 is 0 Å². The van der Waals surface area contributed by atoms with E-state index in [9.17, 15) is 4.79 Å². The average Bonchev–Trinajstić information content (AvgIpc) is 3.18. The molecule has 4 rings (SSSR count). The molecule has 0 fully saturated rings. The van der Waals surface area contributed by atoms with Crippen LogP contribution in [-0.4, -0.2) is 27.9 Å². The van der Waals surface area contributed by atoms with Crippen molar-refractivity contribution >= 4 is 11.6 Å². The van der Waals surface area contributed by atoms with Crippen LogP contribution >= 0.6 is 0 Å². The Balaban J connectivity index is 1.57. The second-order valence-corrected chi connectivity index (χ2v) is 7.26. The minimum Gasteiger partial charge on any atom is -0.285 e. The molecule has 0 atom stereocenters. The molecule has 1 aromatic carbocycles. The van der Waals surface area contributed by atoms with Crippen molar-refractivity contribution in [1.29, 1.82) is 0 Å². The summed E-state index contributed by atoms with van der Waals surface area (Å²) in [7, 11) is 0. The van der Waals surface area contributed by atoms with Gasteiger partial charge in [0.1, 0.15) is 0 Å². The number of aryl methyl sites for hydroxylation is 1. The van der Waals surface area contributed by atoms with Crippen LogP contribution in [0, 0.1) is 6.92 Å². The van der Waals surface area contributed by atoms with Crippen LogP contribution in [0.1, 0.15) is 42.7 Å². The summed E-state index contributed by atoms with van der Waals surface area (Å²) in [5, 5.41) is 4.33. The Labute approximate surface area is 154 Å². The highest BCUT2D eigenvalue weighted by Crippen LogP contribution is 2.30. The van der Waals surface area contributed by atoms with E-state index in [1.165, 1.54) is 22.3 Å². The first-order valence-corrected chi connectivity index (χ1v) is 9.10. The molecule has 26 heavy (non-hydrogen) atoms. The van der Waals surface area contributed by atoms with Gasteiger partial charge in [-0.3, -0.25) is 9.79 Å². The Morgan fingerprint density at radius 1 is 1.08 bits per heavy atom. The van der Waals surface area contributed by atoms with Gasteiger partial charge in [0.05, 0.1) is 18.4 Å². The van der Waals surface area contributed by atoms with Gasteiger partial charge in [-0.05, 0) is 50.3 Å². The zero-order chi connectivity index (χ0) is 18.3. The van der Waals surface area contributed by atoms with E-state index in [-0.39, 0.29) is 5.91 Å². The normalized spacial score (nSPS) is 16.7. The fourth-order valence-corrected chi connectivity index (χ4v) is 3.79. The lowest BCUT2D eigenvalue weighted by atomic mass is 9.93. The number of benzene rings is 1. The van der Waals surface area contributed by atoms with Crippen LogP contribution in [0.15, 0.2) is 58.3 Å². The van der Waals surface area contributed by atoms with Crippen molar-refractivity contribution in [3.8, 4) is 11.1 Å². The number of hydrogen-bond donors (Lipinski definition) is 0. The lowest BCUT2D eigenvalue weighted by molar-refractivity contribution is 0.0945. The predicted molar refractivity (Wildman–Crippen MR) is 105 cm³/mol. The van der Waals surface area contributed by atoms with Gasteiger partial charge in [-0.1, -0.05) is 35.4 Å². The van der Waals surface area contributed by atoms with Crippen molar-refractivity contribution in [2.45, 2.75) is 40.0 Å². The van der Waals surface area contributed by atoms with Crippen molar-refractivity contribution in [2.75, 3.05) is 6.54 Å². The van der Waals surface area contributed by atoms with Crippen LogP contribution < -0.4 is 0 Å². The molecule has 0 spiro atoms. The Hall–Kier alpha value is -2.75. The van der Waals surface area contributed by atoms with E-state index in [0.29, 0.717) is 0 Å². The summed E-state index contributed by atoms with van der Waals surface area (Å²) in [5.74, 6) is -0.0397. The predicted octanol–water partition coefficient (Wildman–Crippen LogP) is 4.55. The van der Waals surface area contributed by atoms with E-state index >= 15 is 0 Å². The molecule has 0 N–H and O–H groups in total. The molecule has 2 aliphatic rings. The summed E-state index contributed by atoms with van der Waals surface area (Å²) in [4.78, 5) is 17.0. The number of carbonyl (C=O) groups excluding carboxylic acids is 1. The van der Waals surface area contributed by atoms with Crippen LogP contribution in [0.4, 0.5) is 0 Å². The number of carbonyl (C=O) groups is 1. The summed E-state index contributed by atoms with van der Waals surface area (Å²) in [6.07, 6.45) is 6.20. The second kappa shape index (κ2) is 6.52. The number of aromatic nitrogens is 2. The summed E-state index contributed by atoms with van der Waals surface area (Å²) in [6.45, 7) is 7.13. The highest BCUT2D eigenvalue weighted by Gasteiger charge is 2.23. The van der Waals surface area contributed by atoms with Gasteiger partial charge in [0.15, 0.2) is 0 Å². The number of rotatable bonds is 4. The summed E-state index contributed by atoms with van der Waals surface area (Å²) >= 11 is 0. The molecule has 0 aliphatic carbocycles. The van der Waals surface area contributed by atoms with Gasteiger partial charge in [-0.25, -0.2) is 4.68 Å². The summed E-state index contributed by atoms with van der Waals surface area (Å²) in [6, 6.07) is 8.39. The average molecular weight is 345 g/mol. The van der Waals surface area contributed by atoms with Gasteiger partial charge in [-0.15, -0.1) is 0 Å². The molecular weight excluding hydrogens is 322 g/mol. The first-order chi connectivity index (χ1) is 12.5. The fraction of sp³-hybridized carbons (Fsp3) is 0.318. The zero-order valence-electron chi connectivity index (χ0n) is 15.5. The van der Waals surface area contributed by atoms with Gasteiger partial charge in [0.2, 0.25) is 0 Å². The topological polar surface area (TPSA) is 47.2 Å². The Morgan fingerprint density at radius 3 is 2.54 bits per heavy atom. The molecule has 2 aromatic rings. The SMILES string of the molecule is CC1=NCC(C)=C1CCC1=CC(=O)n2ncc(-c3ccc(C)cc3)c2C1. The maximum atomic E-state index is 12.5. The molecule has 1 aromatic heterocycles. The monoisotopic (exact) mass is 345 g/mol. The third-order valence-electron chi connectivity index (χ3n) is 5.36. The van der Waals surface area contributed by atoms with E-state index in [0.717, 1.165) is 48.3 Å². The van der Waals surface area contributed by atoms with Crippen LogP contribution in [0.3, 0.4) is 0 Å². The quantitative estimate of drug-likeness (QED) is 0.816. The van der Waals surface area contributed by atoms with E-state index in [1.807, 2.05) is 6.20 Å². The smallest absolute Gasteiger partial charge is 0.271 e. The lowest BCUT2D eigenvalue weighted by Crippen LogP contribution is -2.19. The van der Waals surface area contributed by atoms with Crippen molar-refractivity contribution in [2.24, 2.45) is 4.99 Å². The molecule has 4 heteroatoms. The molecule has 4 nitrogen and oxygen atoms in total. The molecule has 3 heterocycles. The van der Waals surface area contributed by atoms with E-state index in [2.05, 4.69) is 55.1 Å². The number of allylic oxidation sites excluding steroid dienone is 3. The van der Waals surface area contributed by atoms with Gasteiger partial charge >= 0.3 is 0 Å². The van der Waals surface area contributed by atoms with Gasteiger partial charge in [0, 0.05) is 23.8 Å². The molecular formula is C22H23N3O. The molecule has 132 valence electrons. The van der Waals surface area contributed by atoms with E-state index in [1.54, 1.807) is 10.8 Å². The fourth-order valence-electron chi connectivity index (χ4n) is 3.79. The van der Waals surface area contributed by atoms with Crippen LogP contribution in [0.2, 0.25) is 0 Å². The molecule has 2 aliphatic heterocycles. The third-order valence-corrected chi connectivity index (χ3v) is 5.36. The van der Waals surface area contributed by atoms with E-state index in [4.69, 9.17) is 0 Å². The third kappa shape index (κ3) is 2.96. The summed E-state index contributed by atoms with van der Waals surface area (Å²) in [5.41, 5.74) is 9.43. The molecule has 0 saturated carbocycles. The highest BCUT2D eigenvalue weighted by molar-refractivity contribution is 6.00. The number of nitrogens with zero attached hydrogens (tertiary/aromatic N) is 3. The van der Waals surface area contributed by atoms with Crippen molar-refractivity contribution in [1.82, 2.24) is 9.78 Å². The minimum atomic E-state index is -0.0397. The van der Waals surface area contributed by atoms with Crippen LogP contribution in [0.25, 0.3) is 11.1 Å². The molecule has 0 radical (unpaired) electrons. The maximum absolute atomic E-state index is 12.5. The van der Waals surface area contributed by atoms with Gasteiger partial charge in [-0.2, -0.15) is 5.10 Å². The van der Waals surface area contributed by atoms with Crippen molar-refractivity contribution in [3.05, 3.63) is 64.5 Å². The number of fused-ring (bicyclic) bond motifs is 1. The minimum absolute atomic E-state index is 0.0397. The largest absolute Gasteiger partial charge is 0.285 e. The van der Waals surface area contributed by atoms with Crippen LogP contribution in [-0.2, 0) is 6.42 Å². The van der Waals surface area contributed by atoms with Crippen LogP contribution in [0.5, 0.6) is 0 Å². The Morgan fingerprint density at radius 2 is 1.85 bits per heavy atom. The maximum Gasteiger partial charge on any atom is 0.271 e. The number of aliphatic imine (C=N–C) groups is 1. The molecule has 0 unspecified atom stereocenters. The molecule has 0 amide bonds.